The number of sulfonamides is 1. The van der Waals surface area contributed by atoms with E-state index in [1.54, 1.807) is 18.2 Å². The molecule has 1 unspecified atom stereocenters. The van der Waals surface area contributed by atoms with Crippen LogP contribution in [0.2, 0.25) is 0 Å². The Kier molecular flexibility index (Phi) is 6.85. The van der Waals surface area contributed by atoms with Crippen LogP contribution in [0.3, 0.4) is 0 Å². The van der Waals surface area contributed by atoms with Gasteiger partial charge in [0.1, 0.15) is 0 Å². The van der Waals surface area contributed by atoms with E-state index in [9.17, 15) is 13.2 Å². The zero-order valence-electron chi connectivity index (χ0n) is 14.2. The number of nitrogens with two attached hydrogens (primary N) is 1. The fourth-order valence-corrected chi connectivity index (χ4v) is 4.62. The second-order valence-corrected chi connectivity index (χ2v) is 8.64. The summed E-state index contributed by atoms with van der Waals surface area (Å²) in [5.41, 5.74) is 6.34. The third-order valence-corrected chi connectivity index (χ3v) is 6.67. The summed E-state index contributed by atoms with van der Waals surface area (Å²) in [6.07, 6.45) is 5.09. The maximum absolute atomic E-state index is 12.7. The second kappa shape index (κ2) is 8.49. The van der Waals surface area contributed by atoms with E-state index in [-0.39, 0.29) is 29.3 Å². The van der Waals surface area contributed by atoms with E-state index in [1.807, 2.05) is 0 Å². The van der Waals surface area contributed by atoms with Crippen LogP contribution in [-0.2, 0) is 10.0 Å². The third kappa shape index (κ3) is 4.94. The topological polar surface area (TPSA) is 92.5 Å². The molecule has 1 aliphatic carbocycles. The Balaban J connectivity index is 0.00000225. The van der Waals surface area contributed by atoms with Gasteiger partial charge in [-0.3, -0.25) is 4.79 Å². The van der Waals surface area contributed by atoms with E-state index in [1.165, 1.54) is 10.4 Å². The molecule has 1 saturated heterocycles. The van der Waals surface area contributed by atoms with Crippen LogP contribution < -0.4 is 11.1 Å². The van der Waals surface area contributed by atoms with Gasteiger partial charge < -0.3 is 11.1 Å². The van der Waals surface area contributed by atoms with E-state index in [0.717, 1.165) is 32.1 Å². The van der Waals surface area contributed by atoms with E-state index in [0.29, 0.717) is 31.1 Å². The molecule has 1 aromatic rings. The Labute approximate surface area is 155 Å². The summed E-state index contributed by atoms with van der Waals surface area (Å²) >= 11 is 0. The molecule has 1 amide bonds. The van der Waals surface area contributed by atoms with Crippen molar-refractivity contribution in [3.8, 4) is 0 Å². The Morgan fingerprint density at radius 3 is 2.56 bits per heavy atom. The molecule has 3 rings (SSSR count). The summed E-state index contributed by atoms with van der Waals surface area (Å²) in [5, 5.41) is 2.81. The normalized spacial score (nSPS) is 19.7. The number of carbonyl (C=O) groups excluding carboxylic acids is 1. The van der Waals surface area contributed by atoms with Gasteiger partial charge in [0.2, 0.25) is 10.0 Å². The Morgan fingerprint density at radius 2 is 1.92 bits per heavy atom. The number of hydrogen-bond acceptors (Lipinski definition) is 4. The summed E-state index contributed by atoms with van der Waals surface area (Å²) in [4.78, 5) is 12.5. The van der Waals surface area contributed by atoms with Crippen LogP contribution in [0.15, 0.2) is 29.2 Å². The number of halogens is 1. The predicted molar refractivity (Wildman–Crippen MR) is 99.3 cm³/mol. The molecule has 2 aliphatic rings. The minimum absolute atomic E-state index is 0. The smallest absolute Gasteiger partial charge is 0.251 e. The average Bonchev–Trinajstić information content (AvgIpc) is 3.45. The Morgan fingerprint density at radius 1 is 1.24 bits per heavy atom. The highest BCUT2D eigenvalue weighted by atomic mass is 35.5. The van der Waals surface area contributed by atoms with Crippen LogP contribution in [0.5, 0.6) is 0 Å². The summed E-state index contributed by atoms with van der Waals surface area (Å²) in [7, 11) is -3.52. The largest absolute Gasteiger partial charge is 0.350 e. The van der Waals surface area contributed by atoms with Gasteiger partial charge in [0, 0.05) is 31.2 Å². The van der Waals surface area contributed by atoms with Gasteiger partial charge in [-0.05, 0) is 49.8 Å². The van der Waals surface area contributed by atoms with Crippen LogP contribution in [0.1, 0.15) is 42.5 Å². The molecule has 0 spiro atoms. The zero-order chi connectivity index (χ0) is 17.2. The molecule has 1 aromatic carbocycles. The first-order valence-corrected chi connectivity index (χ1v) is 10.1. The van der Waals surface area contributed by atoms with Crippen molar-refractivity contribution in [2.45, 2.75) is 43.0 Å². The van der Waals surface area contributed by atoms with E-state index < -0.39 is 10.0 Å². The maximum Gasteiger partial charge on any atom is 0.251 e. The van der Waals surface area contributed by atoms with Crippen LogP contribution in [0.25, 0.3) is 0 Å². The molecule has 25 heavy (non-hydrogen) atoms. The molecule has 0 aromatic heterocycles. The van der Waals surface area contributed by atoms with Gasteiger partial charge in [0.25, 0.3) is 5.91 Å². The van der Waals surface area contributed by atoms with Gasteiger partial charge in [0.05, 0.1) is 4.90 Å². The van der Waals surface area contributed by atoms with Gasteiger partial charge in [-0.2, -0.15) is 4.31 Å². The predicted octanol–water partition coefficient (Wildman–Crippen LogP) is 1.75. The number of carbonyl (C=O) groups is 1. The second-order valence-electron chi connectivity index (χ2n) is 6.70. The summed E-state index contributed by atoms with van der Waals surface area (Å²) in [6.45, 7) is 1.52. The maximum atomic E-state index is 12.7. The van der Waals surface area contributed by atoms with Gasteiger partial charge in [-0.15, -0.1) is 12.4 Å². The Bertz CT molecular complexity index is 701. The van der Waals surface area contributed by atoms with Crippen molar-refractivity contribution < 1.29 is 13.2 Å². The van der Waals surface area contributed by atoms with Crippen molar-refractivity contribution in [2.75, 3.05) is 19.6 Å². The number of nitrogens with one attached hydrogen (secondary N) is 1. The number of rotatable bonds is 6. The van der Waals surface area contributed by atoms with Crippen molar-refractivity contribution in [1.82, 2.24) is 9.62 Å². The van der Waals surface area contributed by atoms with Gasteiger partial charge in [-0.25, -0.2) is 8.42 Å². The fraction of sp³-hybridized carbons (Fsp3) is 0.588. The zero-order valence-corrected chi connectivity index (χ0v) is 15.8. The molecule has 1 aliphatic heterocycles. The highest BCUT2D eigenvalue weighted by Gasteiger charge is 2.29. The van der Waals surface area contributed by atoms with Crippen molar-refractivity contribution in [2.24, 2.45) is 11.7 Å². The first-order chi connectivity index (χ1) is 11.5. The SMILES string of the molecule is Cl.NC(CNC(=O)c1cccc(S(=O)(=O)N2CCCCC2)c1)C1CC1. The lowest BCUT2D eigenvalue weighted by Gasteiger charge is -2.26. The minimum Gasteiger partial charge on any atom is -0.350 e. The molecule has 0 bridgehead atoms. The lowest BCUT2D eigenvalue weighted by molar-refractivity contribution is 0.0950. The molecule has 1 saturated carbocycles. The highest BCUT2D eigenvalue weighted by Crippen LogP contribution is 2.31. The molecule has 3 N–H and O–H groups in total. The lowest BCUT2D eigenvalue weighted by atomic mass is 10.2. The van der Waals surface area contributed by atoms with Crippen molar-refractivity contribution in [1.29, 1.82) is 0 Å². The molecule has 2 fully saturated rings. The van der Waals surface area contributed by atoms with Crippen LogP contribution in [0.4, 0.5) is 0 Å². The summed E-state index contributed by atoms with van der Waals surface area (Å²) < 4.78 is 26.9. The van der Waals surface area contributed by atoms with Gasteiger partial charge in [0.15, 0.2) is 0 Å². The van der Waals surface area contributed by atoms with E-state index >= 15 is 0 Å². The van der Waals surface area contributed by atoms with Crippen molar-refractivity contribution in [3.05, 3.63) is 29.8 Å². The van der Waals surface area contributed by atoms with Crippen LogP contribution in [0, 0.1) is 5.92 Å². The molecular formula is C17H26ClN3O3S. The standard InChI is InChI=1S/C17H25N3O3S.ClH/c18-16(13-7-8-13)12-19-17(21)14-5-4-6-15(11-14)24(22,23)20-9-2-1-3-10-20;/h4-6,11,13,16H,1-3,7-10,12,18H2,(H,19,21);1H. The highest BCUT2D eigenvalue weighted by molar-refractivity contribution is 7.89. The van der Waals surface area contributed by atoms with Crippen LogP contribution in [-0.4, -0.2) is 44.3 Å². The minimum atomic E-state index is -3.52. The summed E-state index contributed by atoms with van der Waals surface area (Å²) in [6, 6.07) is 6.24. The molecule has 1 heterocycles. The monoisotopic (exact) mass is 387 g/mol. The average molecular weight is 388 g/mol. The first-order valence-electron chi connectivity index (χ1n) is 8.62. The fourth-order valence-electron chi connectivity index (χ4n) is 3.06. The van der Waals surface area contributed by atoms with Gasteiger partial charge >= 0.3 is 0 Å². The van der Waals surface area contributed by atoms with Crippen molar-refractivity contribution in [3.63, 3.8) is 0 Å². The molecule has 6 nitrogen and oxygen atoms in total. The molecule has 140 valence electrons. The number of benzene rings is 1. The third-order valence-electron chi connectivity index (χ3n) is 4.77. The van der Waals surface area contributed by atoms with Crippen molar-refractivity contribution >= 4 is 28.3 Å². The van der Waals surface area contributed by atoms with E-state index in [4.69, 9.17) is 5.73 Å². The quantitative estimate of drug-likeness (QED) is 0.777. The summed E-state index contributed by atoms with van der Waals surface area (Å²) in [5.74, 6) is 0.234. The molecule has 8 heteroatoms. The number of nitrogens with zero attached hydrogens (tertiary/aromatic N) is 1. The molecule has 1 atom stereocenters. The molecular weight excluding hydrogens is 362 g/mol. The Hall–Kier alpha value is -1.15. The first kappa shape index (κ1) is 20.2. The molecule has 0 radical (unpaired) electrons. The van der Waals surface area contributed by atoms with Gasteiger partial charge in [-0.1, -0.05) is 12.5 Å². The number of hydrogen-bond donors (Lipinski definition) is 2. The lowest BCUT2D eigenvalue weighted by Crippen LogP contribution is -2.38. The van der Waals surface area contributed by atoms with E-state index in [2.05, 4.69) is 5.32 Å². The number of amides is 1. The number of piperidine rings is 1. The van der Waals surface area contributed by atoms with Crippen LogP contribution >= 0.6 is 12.4 Å².